The maximum atomic E-state index is 12.2. The van der Waals surface area contributed by atoms with Gasteiger partial charge in [0.25, 0.3) is 0 Å². The minimum Gasteiger partial charge on any atom is -0.374 e. The van der Waals surface area contributed by atoms with Gasteiger partial charge in [0.05, 0.1) is 31.1 Å². The van der Waals surface area contributed by atoms with E-state index in [4.69, 9.17) is 9.47 Å². The molecule has 0 radical (unpaired) electrons. The SMILES string of the molecule is CCS(=O)(=O)N1CCO[C@H]2[C@H](OCCN3CCCC3)CC[C@@H]21. The maximum absolute atomic E-state index is 12.2. The summed E-state index contributed by atoms with van der Waals surface area (Å²) in [5, 5.41) is 0. The molecule has 3 rings (SSSR count). The number of rotatable bonds is 6. The summed E-state index contributed by atoms with van der Waals surface area (Å²) in [6, 6.07) is -0.0320. The van der Waals surface area contributed by atoms with Crippen molar-refractivity contribution < 1.29 is 17.9 Å². The monoisotopic (exact) mass is 332 g/mol. The van der Waals surface area contributed by atoms with E-state index in [-0.39, 0.29) is 24.0 Å². The predicted octanol–water partition coefficient (Wildman–Crippen LogP) is 0.680. The molecule has 3 fully saturated rings. The molecule has 128 valence electrons. The zero-order chi connectivity index (χ0) is 15.6. The Hall–Kier alpha value is -0.210. The molecule has 2 aliphatic heterocycles. The Kier molecular flexibility index (Phi) is 5.39. The first-order valence-corrected chi connectivity index (χ1v) is 10.2. The second kappa shape index (κ2) is 7.13. The van der Waals surface area contributed by atoms with Crippen LogP contribution in [0.5, 0.6) is 0 Å². The van der Waals surface area contributed by atoms with Crippen LogP contribution in [0, 0.1) is 0 Å². The number of sulfonamides is 1. The quantitative estimate of drug-likeness (QED) is 0.716. The maximum Gasteiger partial charge on any atom is 0.214 e. The lowest BCUT2D eigenvalue weighted by atomic mass is 10.1. The molecule has 0 unspecified atom stereocenters. The Morgan fingerprint density at radius 3 is 2.68 bits per heavy atom. The fourth-order valence-corrected chi connectivity index (χ4v) is 5.23. The Morgan fingerprint density at radius 2 is 1.95 bits per heavy atom. The van der Waals surface area contributed by atoms with E-state index < -0.39 is 10.0 Å². The lowest BCUT2D eigenvalue weighted by molar-refractivity contribution is -0.0975. The van der Waals surface area contributed by atoms with Crippen LogP contribution < -0.4 is 0 Å². The molecule has 0 aromatic carbocycles. The van der Waals surface area contributed by atoms with E-state index in [2.05, 4.69) is 4.90 Å². The summed E-state index contributed by atoms with van der Waals surface area (Å²) in [7, 11) is -3.14. The van der Waals surface area contributed by atoms with Crippen LogP contribution in [0.25, 0.3) is 0 Å². The van der Waals surface area contributed by atoms with E-state index >= 15 is 0 Å². The summed E-state index contributed by atoms with van der Waals surface area (Å²) in [6.07, 6.45) is 4.28. The molecule has 3 atom stereocenters. The smallest absolute Gasteiger partial charge is 0.214 e. The van der Waals surface area contributed by atoms with Crippen molar-refractivity contribution in [3.63, 3.8) is 0 Å². The molecule has 0 bridgehead atoms. The number of hydrogen-bond donors (Lipinski definition) is 0. The molecule has 7 heteroatoms. The Bertz CT molecular complexity index is 464. The average Bonchev–Trinajstić information content (AvgIpc) is 3.17. The standard InChI is InChI=1S/C15H28N2O4S/c1-2-22(18,19)17-10-12-21-15-13(17)5-6-14(15)20-11-9-16-7-3-4-8-16/h13-15H,2-12H2,1H3/t13-,14+,15+/m0/s1. The molecule has 0 amide bonds. The molecule has 0 N–H and O–H groups in total. The van der Waals surface area contributed by atoms with Gasteiger partial charge in [0, 0.05) is 13.1 Å². The molecule has 22 heavy (non-hydrogen) atoms. The highest BCUT2D eigenvalue weighted by Gasteiger charge is 2.46. The van der Waals surface area contributed by atoms with E-state index in [1.165, 1.54) is 25.9 Å². The number of morpholine rings is 1. The van der Waals surface area contributed by atoms with Crippen molar-refractivity contribution in [3.05, 3.63) is 0 Å². The van der Waals surface area contributed by atoms with Crippen LogP contribution in [0.4, 0.5) is 0 Å². The van der Waals surface area contributed by atoms with Crippen LogP contribution in [-0.4, -0.2) is 81.0 Å². The third kappa shape index (κ3) is 3.48. The average molecular weight is 332 g/mol. The Labute approximate surface area is 133 Å². The van der Waals surface area contributed by atoms with Crippen molar-refractivity contribution in [2.75, 3.05) is 45.1 Å². The molecule has 1 aliphatic carbocycles. The van der Waals surface area contributed by atoms with Gasteiger partial charge in [0.15, 0.2) is 0 Å². The van der Waals surface area contributed by atoms with Crippen molar-refractivity contribution in [2.24, 2.45) is 0 Å². The summed E-state index contributed by atoms with van der Waals surface area (Å²) < 4.78 is 38.0. The van der Waals surface area contributed by atoms with Gasteiger partial charge in [-0.1, -0.05) is 0 Å². The molecule has 0 spiro atoms. The largest absolute Gasteiger partial charge is 0.374 e. The highest BCUT2D eigenvalue weighted by atomic mass is 32.2. The first-order chi connectivity index (χ1) is 10.6. The molecule has 0 aromatic heterocycles. The minimum atomic E-state index is -3.14. The summed E-state index contributed by atoms with van der Waals surface area (Å²) in [6.45, 7) is 6.73. The van der Waals surface area contributed by atoms with E-state index in [0.717, 1.165) is 26.0 Å². The summed E-state index contributed by atoms with van der Waals surface area (Å²) in [4.78, 5) is 2.43. The van der Waals surface area contributed by atoms with Crippen LogP contribution in [0.15, 0.2) is 0 Å². The third-order valence-corrected chi connectivity index (χ3v) is 7.04. The molecule has 2 heterocycles. The van der Waals surface area contributed by atoms with Gasteiger partial charge in [-0.15, -0.1) is 0 Å². The first kappa shape index (κ1) is 16.6. The van der Waals surface area contributed by atoms with E-state index in [1.807, 2.05) is 0 Å². The van der Waals surface area contributed by atoms with Crippen molar-refractivity contribution in [1.82, 2.24) is 9.21 Å². The molecule has 0 aromatic rings. The molecular formula is C15H28N2O4S. The number of ether oxygens (including phenoxy) is 2. The van der Waals surface area contributed by atoms with Crippen LogP contribution in [0.3, 0.4) is 0 Å². The topological polar surface area (TPSA) is 59.1 Å². The number of nitrogens with zero attached hydrogens (tertiary/aromatic N) is 2. The van der Waals surface area contributed by atoms with Crippen LogP contribution in [0.2, 0.25) is 0 Å². The minimum absolute atomic E-state index is 0.0320. The molecule has 3 aliphatic rings. The summed E-state index contributed by atoms with van der Waals surface area (Å²) in [5.74, 6) is 0.163. The summed E-state index contributed by atoms with van der Waals surface area (Å²) >= 11 is 0. The second-order valence-electron chi connectivity index (χ2n) is 6.45. The third-order valence-electron chi connectivity index (χ3n) is 5.14. The van der Waals surface area contributed by atoms with Gasteiger partial charge in [-0.25, -0.2) is 8.42 Å². The zero-order valence-corrected chi connectivity index (χ0v) is 14.3. The molecule has 2 saturated heterocycles. The highest BCUT2D eigenvalue weighted by molar-refractivity contribution is 7.89. The number of likely N-dealkylation sites (tertiary alicyclic amines) is 1. The van der Waals surface area contributed by atoms with Crippen molar-refractivity contribution in [1.29, 1.82) is 0 Å². The first-order valence-electron chi connectivity index (χ1n) is 8.57. The van der Waals surface area contributed by atoms with E-state index in [0.29, 0.717) is 13.2 Å². The van der Waals surface area contributed by atoms with Gasteiger partial charge in [-0.2, -0.15) is 4.31 Å². The van der Waals surface area contributed by atoms with Crippen molar-refractivity contribution in [2.45, 2.75) is 50.9 Å². The van der Waals surface area contributed by atoms with Crippen molar-refractivity contribution in [3.8, 4) is 0 Å². The highest BCUT2D eigenvalue weighted by Crippen LogP contribution is 2.33. The molecule has 6 nitrogen and oxygen atoms in total. The molecular weight excluding hydrogens is 304 g/mol. The van der Waals surface area contributed by atoms with Gasteiger partial charge in [-0.3, -0.25) is 0 Å². The van der Waals surface area contributed by atoms with Crippen LogP contribution in [0.1, 0.15) is 32.6 Å². The van der Waals surface area contributed by atoms with Crippen molar-refractivity contribution >= 4 is 10.0 Å². The van der Waals surface area contributed by atoms with Gasteiger partial charge >= 0.3 is 0 Å². The fraction of sp³-hybridized carbons (Fsp3) is 1.00. The lowest BCUT2D eigenvalue weighted by Crippen LogP contribution is -2.54. The van der Waals surface area contributed by atoms with E-state index in [1.54, 1.807) is 11.2 Å². The lowest BCUT2D eigenvalue weighted by Gasteiger charge is -2.38. The zero-order valence-electron chi connectivity index (χ0n) is 13.4. The summed E-state index contributed by atoms with van der Waals surface area (Å²) in [5.41, 5.74) is 0. The predicted molar refractivity (Wildman–Crippen MR) is 84.3 cm³/mol. The van der Waals surface area contributed by atoms with Crippen LogP contribution in [-0.2, 0) is 19.5 Å². The van der Waals surface area contributed by atoms with Gasteiger partial charge < -0.3 is 14.4 Å². The normalized spacial score (nSPS) is 34.1. The van der Waals surface area contributed by atoms with Gasteiger partial charge in [-0.05, 0) is 45.7 Å². The van der Waals surface area contributed by atoms with E-state index in [9.17, 15) is 8.42 Å². The molecule has 1 saturated carbocycles. The number of fused-ring (bicyclic) bond motifs is 1. The van der Waals surface area contributed by atoms with Crippen LogP contribution >= 0.6 is 0 Å². The Balaban J connectivity index is 1.53. The Morgan fingerprint density at radius 1 is 1.18 bits per heavy atom. The van der Waals surface area contributed by atoms with Gasteiger partial charge in [0.2, 0.25) is 10.0 Å². The van der Waals surface area contributed by atoms with Gasteiger partial charge in [0.1, 0.15) is 6.10 Å². The second-order valence-corrected chi connectivity index (χ2v) is 8.66. The fourth-order valence-electron chi connectivity index (χ4n) is 3.91. The number of hydrogen-bond acceptors (Lipinski definition) is 5.